The van der Waals surface area contributed by atoms with E-state index in [2.05, 4.69) is 22.5 Å². The Bertz CT molecular complexity index is 397. The highest BCUT2D eigenvalue weighted by Crippen LogP contribution is 2.18. The molecule has 0 aromatic carbocycles. The highest BCUT2D eigenvalue weighted by atomic mass is 16.2. The van der Waals surface area contributed by atoms with E-state index in [9.17, 15) is 4.79 Å². The Morgan fingerprint density at radius 3 is 3.06 bits per heavy atom. The molecule has 1 unspecified atom stereocenters. The topological polar surface area (TPSA) is 59.0 Å². The first-order valence-electron chi connectivity index (χ1n) is 6.70. The summed E-state index contributed by atoms with van der Waals surface area (Å²) in [5.74, 6) is 0.0449. The van der Waals surface area contributed by atoms with Gasteiger partial charge in [-0.05, 0) is 26.2 Å². The summed E-state index contributed by atoms with van der Waals surface area (Å²) >= 11 is 0. The van der Waals surface area contributed by atoms with Crippen LogP contribution in [0.3, 0.4) is 0 Å². The monoisotopic (exact) mass is 250 g/mol. The number of carbonyl (C=O) groups excluding carboxylic acids is 1. The van der Waals surface area contributed by atoms with Gasteiger partial charge in [-0.2, -0.15) is 0 Å². The Labute approximate surface area is 108 Å². The minimum Gasteiger partial charge on any atom is -0.352 e. The smallest absolute Gasteiger partial charge is 0.240 e. The molecule has 1 heterocycles. The van der Waals surface area contributed by atoms with Gasteiger partial charge in [-0.1, -0.05) is 6.92 Å². The number of amides is 1. The summed E-state index contributed by atoms with van der Waals surface area (Å²) in [6, 6.07) is 0.917. The lowest BCUT2D eigenvalue weighted by Gasteiger charge is -2.11. The van der Waals surface area contributed by atoms with Crippen LogP contribution in [0.1, 0.15) is 38.8 Å². The molecular formula is C13H22N4O. The third-order valence-electron chi connectivity index (χ3n) is 3.18. The van der Waals surface area contributed by atoms with Crippen LogP contribution in [0, 0.1) is 0 Å². The maximum absolute atomic E-state index is 11.7. The van der Waals surface area contributed by atoms with Gasteiger partial charge in [0.15, 0.2) is 0 Å². The van der Waals surface area contributed by atoms with Gasteiger partial charge >= 0.3 is 0 Å². The quantitative estimate of drug-likeness (QED) is 0.760. The molecule has 1 aliphatic rings. The van der Waals surface area contributed by atoms with Gasteiger partial charge < -0.3 is 15.2 Å². The first-order valence-corrected chi connectivity index (χ1v) is 6.70. The fraction of sp³-hybridized carbons (Fsp3) is 0.692. The van der Waals surface area contributed by atoms with Gasteiger partial charge in [0.2, 0.25) is 5.91 Å². The predicted molar refractivity (Wildman–Crippen MR) is 70.0 cm³/mol. The summed E-state index contributed by atoms with van der Waals surface area (Å²) in [7, 11) is 0. The molecule has 2 N–H and O–H groups in total. The summed E-state index contributed by atoms with van der Waals surface area (Å²) in [6.45, 7) is 5.21. The number of hydrogen-bond donors (Lipinski definition) is 2. The highest BCUT2D eigenvalue weighted by molar-refractivity contribution is 5.75. The lowest BCUT2D eigenvalue weighted by molar-refractivity contribution is -0.122. The van der Waals surface area contributed by atoms with E-state index in [0.717, 1.165) is 18.7 Å². The van der Waals surface area contributed by atoms with Crippen molar-refractivity contribution in [2.45, 2.75) is 58.3 Å². The molecule has 0 aliphatic heterocycles. The van der Waals surface area contributed by atoms with E-state index < -0.39 is 0 Å². The first-order chi connectivity index (χ1) is 8.67. The van der Waals surface area contributed by atoms with Crippen LogP contribution in [0.4, 0.5) is 0 Å². The molecular weight excluding hydrogens is 228 g/mol. The SMILES string of the molecule is CCC(C)NC(=O)Cn1cnc(CNC2CC2)c1. The van der Waals surface area contributed by atoms with Crippen molar-refractivity contribution in [3.8, 4) is 0 Å². The van der Waals surface area contributed by atoms with Crippen molar-refractivity contribution < 1.29 is 4.79 Å². The normalized spacial score (nSPS) is 16.6. The molecule has 2 rings (SSSR count). The molecule has 1 fully saturated rings. The zero-order valence-corrected chi connectivity index (χ0v) is 11.1. The van der Waals surface area contributed by atoms with E-state index in [-0.39, 0.29) is 11.9 Å². The van der Waals surface area contributed by atoms with Crippen molar-refractivity contribution in [2.24, 2.45) is 0 Å². The maximum atomic E-state index is 11.7. The van der Waals surface area contributed by atoms with E-state index in [1.54, 1.807) is 6.33 Å². The zero-order valence-electron chi connectivity index (χ0n) is 11.1. The predicted octanol–water partition coefficient (Wildman–Crippen LogP) is 1.05. The number of nitrogens with one attached hydrogen (secondary N) is 2. The van der Waals surface area contributed by atoms with Crippen molar-refractivity contribution in [3.05, 3.63) is 18.2 Å². The maximum Gasteiger partial charge on any atom is 0.240 e. The van der Waals surface area contributed by atoms with Crippen LogP contribution < -0.4 is 10.6 Å². The third-order valence-corrected chi connectivity index (χ3v) is 3.18. The molecule has 0 bridgehead atoms. The van der Waals surface area contributed by atoms with Gasteiger partial charge in [-0.25, -0.2) is 4.98 Å². The highest BCUT2D eigenvalue weighted by Gasteiger charge is 2.20. The molecule has 1 aromatic heterocycles. The molecule has 1 saturated carbocycles. The van der Waals surface area contributed by atoms with Gasteiger partial charge in [-0.3, -0.25) is 4.79 Å². The number of nitrogens with zero attached hydrogens (tertiary/aromatic N) is 2. The van der Waals surface area contributed by atoms with Gasteiger partial charge in [0.1, 0.15) is 6.54 Å². The second kappa shape index (κ2) is 6.00. The average molecular weight is 250 g/mol. The van der Waals surface area contributed by atoms with Crippen LogP contribution in [0.15, 0.2) is 12.5 Å². The first kappa shape index (κ1) is 13.1. The molecule has 1 amide bonds. The molecule has 1 atom stereocenters. The number of imidazole rings is 1. The summed E-state index contributed by atoms with van der Waals surface area (Å²) in [4.78, 5) is 16.0. The Hall–Kier alpha value is -1.36. The van der Waals surface area contributed by atoms with Crippen LogP contribution >= 0.6 is 0 Å². The largest absolute Gasteiger partial charge is 0.352 e. The number of rotatable bonds is 7. The van der Waals surface area contributed by atoms with Gasteiger partial charge in [-0.15, -0.1) is 0 Å². The number of hydrogen-bond acceptors (Lipinski definition) is 3. The van der Waals surface area contributed by atoms with Gasteiger partial charge in [0.25, 0.3) is 0 Å². The Morgan fingerprint density at radius 2 is 2.39 bits per heavy atom. The summed E-state index contributed by atoms with van der Waals surface area (Å²) in [5, 5.41) is 6.35. The summed E-state index contributed by atoms with van der Waals surface area (Å²) in [5.41, 5.74) is 0.998. The van der Waals surface area contributed by atoms with Crippen LogP contribution in [0.2, 0.25) is 0 Å². The molecule has 18 heavy (non-hydrogen) atoms. The molecule has 0 radical (unpaired) electrons. The van der Waals surface area contributed by atoms with Crippen molar-refractivity contribution in [1.29, 1.82) is 0 Å². The lowest BCUT2D eigenvalue weighted by atomic mass is 10.2. The molecule has 5 nitrogen and oxygen atoms in total. The number of carbonyl (C=O) groups is 1. The molecule has 0 saturated heterocycles. The summed E-state index contributed by atoms with van der Waals surface area (Å²) in [6.07, 6.45) is 7.16. The molecule has 0 spiro atoms. The molecule has 100 valence electrons. The van der Waals surface area contributed by atoms with Crippen LogP contribution in [0.25, 0.3) is 0 Å². The minimum absolute atomic E-state index is 0.0449. The Balaban J connectivity index is 1.76. The van der Waals surface area contributed by atoms with Crippen molar-refractivity contribution in [1.82, 2.24) is 20.2 Å². The minimum atomic E-state index is 0.0449. The average Bonchev–Trinajstić information content (AvgIpc) is 3.07. The van der Waals surface area contributed by atoms with Gasteiger partial charge in [0, 0.05) is 24.8 Å². The van der Waals surface area contributed by atoms with Crippen LogP contribution in [-0.4, -0.2) is 27.5 Å². The van der Waals surface area contributed by atoms with E-state index >= 15 is 0 Å². The Morgan fingerprint density at radius 1 is 1.61 bits per heavy atom. The van der Waals surface area contributed by atoms with E-state index in [4.69, 9.17) is 0 Å². The zero-order chi connectivity index (χ0) is 13.0. The standard InChI is InChI=1S/C13H22N4O/c1-3-10(2)16-13(18)8-17-7-12(15-9-17)6-14-11-4-5-11/h7,9-11,14H,3-6,8H2,1-2H3,(H,16,18). The fourth-order valence-electron chi connectivity index (χ4n) is 1.71. The second-order valence-corrected chi connectivity index (χ2v) is 5.07. The fourth-order valence-corrected chi connectivity index (χ4v) is 1.71. The van der Waals surface area contributed by atoms with Crippen LogP contribution in [-0.2, 0) is 17.9 Å². The van der Waals surface area contributed by atoms with E-state index in [1.165, 1.54) is 12.8 Å². The second-order valence-electron chi connectivity index (χ2n) is 5.07. The molecule has 1 aliphatic carbocycles. The Kier molecular flexibility index (Phi) is 4.36. The van der Waals surface area contributed by atoms with E-state index in [0.29, 0.717) is 12.6 Å². The van der Waals surface area contributed by atoms with Crippen molar-refractivity contribution in [2.75, 3.05) is 0 Å². The van der Waals surface area contributed by atoms with Gasteiger partial charge in [0.05, 0.1) is 12.0 Å². The van der Waals surface area contributed by atoms with Crippen LogP contribution in [0.5, 0.6) is 0 Å². The summed E-state index contributed by atoms with van der Waals surface area (Å²) < 4.78 is 1.83. The molecule has 1 aromatic rings. The van der Waals surface area contributed by atoms with Crippen molar-refractivity contribution in [3.63, 3.8) is 0 Å². The molecule has 5 heteroatoms. The number of aromatic nitrogens is 2. The third kappa shape index (κ3) is 4.14. The lowest BCUT2D eigenvalue weighted by Crippen LogP contribution is -2.34. The van der Waals surface area contributed by atoms with Crippen molar-refractivity contribution >= 4 is 5.91 Å². The van der Waals surface area contributed by atoms with E-state index in [1.807, 2.05) is 17.7 Å².